The van der Waals surface area contributed by atoms with Crippen LogP contribution in [0.2, 0.25) is 0 Å². The smallest absolute Gasteiger partial charge is 0.387 e. The van der Waals surface area contributed by atoms with Crippen molar-refractivity contribution in [3.05, 3.63) is 12.3 Å². The van der Waals surface area contributed by atoms with Crippen LogP contribution in [-0.4, -0.2) is 67.9 Å². The number of amides is 2. The first-order chi connectivity index (χ1) is 10.0. The summed E-state index contributed by atoms with van der Waals surface area (Å²) in [4.78, 5) is 29.8. The van der Waals surface area contributed by atoms with E-state index in [1.165, 1.54) is 6.92 Å². The molecule has 2 aliphatic heterocycles. The lowest BCUT2D eigenvalue weighted by atomic mass is 9.99. The molecule has 0 aromatic carbocycles. The Morgan fingerprint density at radius 2 is 2.18 bits per heavy atom. The molecule has 22 heavy (non-hydrogen) atoms. The maximum atomic E-state index is 14.2. The van der Waals surface area contributed by atoms with Crippen molar-refractivity contribution in [3.63, 3.8) is 0 Å². The molecule has 0 aromatic heterocycles. The van der Waals surface area contributed by atoms with Crippen LogP contribution in [0, 0.1) is 0 Å². The average Bonchev–Trinajstić information content (AvgIpc) is 2.61. The van der Waals surface area contributed by atoms with Gasteiger partial charge in [-0.3, -0.25) is 9.42 Å². The van der Waals surface area contributed by atoms with E-state index >= 15 is 0 Å². The van der Waals surface area contributed by atoms with Gasteiger partial charge in [0.2, 0.25) is 0 Å². The second-order valence-electron chi connectivity index (χ2n) is 5.12. The van der Waals surface area contributed by atoms with Crippen LogP contribution in [0.5, 0.6) is 0 Å². The van der Waals surface area contributed by atoms with Gasteiger partial charge in [0, 0.05) is 6.20 Å². The van der Waals surface area contributed by atoms with Gasteiger partial charge in [0.25, 0.3) is 0 Å². The summed E-state index contributed by atoms with van der Waals surface area (Å²) in [5.74, 6) is 0. The number of rotatable bonds is 4. The molecule has 0 aromatic rings. The van der Waals surface area contributed by atoms with Gasteiger partial charge >= 0.3 is 13.9 Å². The van der Waals surface area contributed by atoms with Crippen molar-refractivity contribution in [1.82, 2.24) is 10.2 Å². The molecule has 2 amide bonds. The molecule has 1 saturated heterocycles. The third-order valence-corrected chi connectivity index (χ3v) is 3.78. The summed E-state index contributed by atoms with van der Waals surface area (Å²) in [5.41, 5.74) is -1.77. The molecule has 0 radical (unpaired) electrons. The van der Waals surface area contributed by atoms with Gasteiger partial charge in [-0.05, 0) is 13.0 Å². The van der Waals surface area contributed by atoms with Crippen LogP contribution < -0.4 is 5.32 Å². The van der Waals surface area contributed by atoms with Gasteiger partial charge in [-0.15, -0.1) is 0 Å². The van der Waals surface area contributed by atoms with Gasteiger partial charge in [-0.1, -0.05) is 0 Å². The number of hydrogen-bond acceptors (Lipinski definition) is 6. The molecule has 0 spiro atoms. The summed E-state index contributed by atoms with van der Waals surface area (Å²) in [6.45, 7) is 0.414. The lowest BCUT2D eigenvalue weighted by Crippen LogP contribution is -2.52. The van der Waals surface area contributed by atoms with Crippen molar-refractivity contribution >= 4 is 13.9 Å². The Morgan fingerprint density at radius 3 is 2.73 bits per heavy atom. The number of hydrogen-bond donors (Lipinski definition) is 5. The highest BCUT2D eigenvalue weighted by molar-refractivity contribution is 7.46. The third-order valence-electron chi connectivity index (χ3n) is 3.32. The van der Waals surface area contributed by atoms with E-state index in [1.54, 1.807) is 0 Å². The largest absolute Gasteiger partial charge is 0.469 e. The van der Waals surface area contributed by atoms with Crippen molar-refractivity contribution in [2.75, 3.05) is 6.61 Å². The zero-order chi connectivity index (χ0) is 16.7. The number of ether oxygens (including phenoxy) is 1. The van der Waals surface area contributed by atoms with Crippen molar-refractivity contribution in [2.45, 2.75) is 37.3 Å². The Balaban J connectivity index is 2.14. The third kappa shape index (κ3) is 3.46. The average molecular weight is 342 g/mol. The fourth-order valence-corrected chi connectivity index (χ4v) is 2.56. The van der Waals surface area contributed by atoms with Crippen LogP contribution in [0.3, 0.4) is 0 Å². The van der Waals surface area contributed by atoms with E-state index < -0.39 is 50.8 Å². The Kier molecular flexibility index (Phi) is 4.60. The van der Waals surface area contributed by atoms with Gasteiger partial charge in [0.1, 0.15) is 17.9 Å². The number of halogens is 1. The molecule has 5 atom stereocenters. The second-order valence-corrected chi connectivity index (χ2v) is 6.36. The molecule has 0 bridgehead atoms. The van der Waals surface area contributed by atoms with Crippen LogP contribution in [-0.2, 0) is 13.8 Å². The number of carbonyl (C=O) groups is 1. The second kappa shape index (κ2) is 5.85. The molecule has 10 nitrogen and oxygen atoms in total. The maximum absolute atomic E-state index is 14.2. The molecule has 1 fully saturated rings. The Bertz CT molecular complexity index is 527. The number of phosphoric acid groups is 1. The molecule has 126 valence electrons. The standard InChI is InChI=1S/C10H16FN2O8P/c1-10(4-20-22(17,18)19)7(15)6(11)8(21-10)13-3-2-5(14)12-9(13)16/h2-3,5-8,14-15H,4H2,1H3,(H,12,16)(H2,17,18,19)/t5?,6-,7+,8+,10+/m0/s1. The molecule has 2 rings (SSSR count). The van der Waals surface area contributed by atoms with E-state index in [4.69, 9.17) is 14.5 Å². The van der Waals surface area contributed by atoms with E-state index in [-0.39, 0.29) is 0 Å². The van der Waals surface area contributed by atoms with Crippen molar-refractivity contribution in [3.8, 4) is 0 Å². The topological polar surface area (TPSA) is 149 Å². The van der Waals surface area contributed by atoms with E-state index in [9.17, 15) is 24.0 Å². The van der Waals surface area contributed by atoms with Crippen molar-refractivity contribution < 1.29 is 43.0 Å². The summed E-state index contributed by atoms with van der Waals surface area (Å²) in [6.07, 6.45) is -4.34. The van der Waals surface area contributed by atoms with Gasteiger partial charge < -0.3 is 30.1 Å². The minimum atomic E-state index is -4.83. The predicted octanol–water partition coefficient (Wildman–Crippen LogP) is -1.23. The molecule has 0 saturated carbocycles. The number of aliphatic hydroxyl groups is 2. The quantitative estimate of drug-likeness (QED) is 0.399. The molecular formula is C10H16FN2O8P. The van der Waals surface area contributed by atoms with Gasteiger partial charge in [-0.25, -0.2) is 13.8 Å². The molecule has 0 aliphatic carbocycles. The number of aliphatic hydroxyl groups excluding tert-OH is 2. The molecule has 5 N–H and O–H groups in total. The van der Waals surface area contributed by atoms with E-state index in [1.807, 2.05) is 0 Å². The zero-order valence-electron chi connectivity index (χ0n) is 11.4. The number of carbonyl (C=O) groups excluding carboxylic acids is 1. The lowest BCUT2D eigenvalue weighted by Gasteiger charge is -2.31. The van der Waals surface area contributed by atoms with E-state index in [0.29, 0.717) is 0 Å². The summed E-state index contributed by atoms with van der Waals surface area (Å²) >= 11 is 0. The highest BCUT2D eigenvalue weighted by atomic mass is 31.2. The summed E-state index contributed by atoms with van der Waals surface area (Å²) in [6, 6.07) is -0.852. The van der Waals surface area contributed by atoms with Gasteiger partial charge in [0.15, 0.2) is 12.4 Å². The monoisotopic (exact) mass is 342 g/mol. The summed E-state index contributed by atoms with van der Waals surface area (Å²) < 4.78 is 34.4. The number of nitrogens with one attached hydrogen (secondary N) is 1. The Morgan fingerprint density at radius 1 is 1.55 bits per heavy atom. The molecule has 12 heteroatoms. The summed E-state index contributed by atoms with van der Waals surface area (Å²) in [7, 11) is -4.83. The van der Waals surface area contributed by atoms with Gasteiger partial charge in [-0.2, -0.15) is 0 Å². The van der Waals surface area contributed by atoms with Crippen molar-refractivity contribution in [2.24, 2.45) is 0 Å². The number of phosphoric ester groups is 1. The SMILES string of the molecule is C[C@]1(COP(=O)(O)O)O[C@@H](N2C=CC(O)NC2=O)[C@@H](F)[C@H]1O. The van der Waals surface area contributed by atoms with Crippen LogP contribution in [0.15, 0.2) is 12.3 Å². The highest BCUT2D eigenvalue weighted by Gasteiger charge is 2.56. The summed E-state index contributed by atoms with van der Waals surface area (Å²) in [5, 5.41) is 21.2. The van der Waals surface area contributed by atoms with Crippen LogP contribution in [0.25, 0.3) is 0 Å². The van der Waals surface area contributed by atoms with Crippen LogP contribution >= 0.6 is 7.82 Å². The fraction of sp³-hybridized carbons (Fsp3) is 0.700. The minimum absolute atomic E-state index is 0.781. The molecule has 2 aliphatic rings. The van der Waals surface area contributed by atoms with E-state index in [2.05, 4.69) is 9.84 Å². The first-order valence-corrected chi connectivity index (χ1v) is 7.72. The minimum Gasteiger partial charge on any atom is -0.387 e. The number of urea groups is 1. The number of nitrogens with zero attached hydrogens (tertiary/aromatic N) is 1. The Hall–Kier alpha value is -1.07. The Labute approximate surface area is 124 Å². The molecule has 2 heterocycles. The molecule has 1 unspecified atom stereocenters. The first kappa shape index (κ1) is 17.3. The first-order valence-electron chi connectivity index (χ1n) is 6.19. The maximum Gasteiger partial charge on any atom is 0.469 e. The lowest BCUT2D eigenvalue weighted by molar-refractivity contribution is -0.120. The number of alkyl halides is 1. The molecular weight excluding hydrogens is 326 g/mol. The van der Waals surface area contributed by atoms with Crippen LogP contribution in [0.4, 0.5) is 9.18 Å². The van der Waals surface area contributed by atoms with Crippen LogP contribution in [0.1, 0.15) is 6.92 Å². The zero-order valence-corrected chi connectivity index (χ0v) is 12.3. The van der Waals surface area contributed by atoms with E-state index in [0.717, 1.165) is 17.2 Å². The highest BCUT2D eigenvalue weighted by Crippen LogP contribution is 2.41. The van der Waals surface area contributed by atoms with Gasteiger partial charge in [0.05, 0.1) is 6.61 Å². The van der Waals surface area contributed by atoms with Crippen molar-refractivity contribution in [1.29, 1.82) is 0 Å². The fourth-order valence-electron chi connectivity index (χ4n) is 2.14. The predicted molar refractivity (Wildman–Crippen MR) is 67.7 cm³/mol. The normalized spacial score (nSPS) is 39.2.